The van der Waals surface area contributed by atoms with Crippen LogP contribution in [0.25, 0.3) is 0 Å². The van der Waals surface area contributed by atoms with E-state index < -0.39 is 15.4 Å². The van der Waals surface area contributed by atoms with Crippen molar-refractivity contribution in [3.63, 3.8) is 0 Å². The van der Waals surface area contributed by atoms with Crippen LogP contribution in [0.4, 0.5) is 5.69 Å². The van der Waals surface area contributed by atoms with Crippen molar-refractivity contribution in [1.29, 1.82) is 0 Å². The van der Waals surface area contributed by atoms with Crippen LogP contribution in [0.5, 0.6) is 5.75 Å². The predicted molar refractivity (Wildman–Crippen MR) is 127 cm³/mol. The first-order valence-corrected chi connectivity index (χ1v) is 12.7. The summed E-state index contributed by atoms with van der Waals surface area (Å²) in [6, 6.07) is 12.6. The monoisotopic (exact) mass is 458 g/mol. The van der Waals surface area contributed by atoms with Gasteiger partial charge in [0.15, 0.2) is 0 Å². The summed E-state index contributed by atoms with van der Waals surface area (Å²) in [5.41, 5.74) is 2.27. The third kappa shape index (κ3) is 5.90. The zero-order chi connectivity index (χ0) is 23.4. The molecule has 0 spiro atoms. The highest BCUT2D eigenvalue weighted by Gasteiger charge is 2.29. The molecule has 6 nitrogen and oxygen atoms in total. The molecule has 2 aromatic carbocycles. The van der Waals surface area contributed by atoms with Gasteiger partial charge in [-0.1, -0.05) is 26.0 Å². The number of carbonyl (C=O) groups excluding carboxylic acids is 1. The molecule has 0 aromatic heterocycles. The van der Waals surface area contributed by atoms with E-state index in [1.54, 1.807) is 24.3 Å². The van der Waals surface area contributed by atoms with Gasteiger partial charge in [-0.3, -0.25) is 4.79 Å². The Morgan fingerprint density at radius 3 is 2.38 bits per heavy atom. The second-order valence-corrected chi connectivity index (χ2v) is 11.1. The number of rotatable bonds is 9. The summed E-state index contributed by atoms with van der Waals surface area (Å²) < 4.78 is 32.7. The summed E-state index contributed by atoms with van der Waals surface area (Å²) in [5, 5.41) is 2.92. The lowest BCUT2D eigenvalue weighted by Gasteiger charge is -2.24. The van der Waals surface area contributed by atoms with Crippen LogP contribution >= 0.6 is 0 Å². The van der Waals surface area contributed by atoms with Crippen LogP contribution in [0.15, 0.2) is 47.4 Å². The van der Waals surface area contributed by atoms with Crippen molar-refractivity contribution in [2.75, 3.05) is 25.0 Å². The van der Waals surface area contributed by atoms with Gasteiger partial charge in [0.2, 0.25) is 15.9 Å². The molecule has 32 heavy (non-hydrogen) atoms. The smallest absolute Gasteiger partial charge is 0.243 e. The van der Waals surface area contributed by atoms with Crippen molar-refractivity contribution in [1.82, 2.24) is 4.31 Å². The molecule has 0 bridgehead atoms. The second kappa shape index (κ2) is 10.0. The van der Waals surface area contributed by atoms with E-state index in [9.17, 15) is 13.2 Å². The Bertz CT molecular complexity index is 1040. The molecule has 1 saturated heterocycles. The van der Waals surface area contributed by atoms with Gasteiger partial charge in [-0.2, -0.15) is 4.31 Å². The number of nitrogens with zero attached hydrogens (tertiary/aromatic N) is 1. The Morgan fingerprint density at radius 1 is 1.06 bits per heavy atom. The standard InChI is InChI=1S/C25H34N2O4S/c1-19-8-9-20(2)23(18-19)31-17-7-14-25(3,4)24(28)26-21-10-12-22(13-11-21)32(29,30)27-15-5-6-16-27/h8-13,18H,5-7,14-17H2,1-4H3,(H,26,28). The van der Waals surface area contributed by atoms with Crippen LogP contribution in [0, 0.1) is 19.3 Å². The first-order valence-electron chi connectivity index (χ1n) is 11.2. The van der Waals surface area contributed by atoms with Crippen molar-refractivity contribution in [2.45, 2.75) is 58.3 Å². The largest absolute Gasteiger partial charge is 0.493 e. The summed E-state index contributed by atoms with van der Waals surface area (Å²) in [7, 11) is -3.45. The van der Waals surface area contributed by atoms with E-state index in [2.05, 4.69) is 11.4 Å². The number of anilines is 1. The fourth-order valence-electron chi connectivity index (χ4n) is 3.76. The van der Waals surface area contributed by atoms with Crippen molar-refractivity contribution < 1.29 is 17.9 Å². The van der Waals surface area contributed by atoms with Crippen molar-refractivity contribution >= 4 is 21.6 Å². The number of hydrogen-bond donors (Lipinski definition) is 1. The quantitative estimate of drug-likeness (QED) is 0.542. The van der Waals surface area contributed by atoms with Crippen LogP contribution in [-0.2, 0) is 14.8 Å². The molecular weight excluding hydrogens is 424 g/mol. The minimum Gasteiger partial charge on any atom is -0.493 e. The highest BCUT2D eigenvalue weighted by Crippen LogP contribution is 2.27. The van der Waals surface area contributed by atoms with Gasteiger partial charge < -0.3 is 10.1 Å². The van der Waals surface area contributed by atoms with E-state index in [1.807, 2.05) is 39.8 Å². The van der Waals surface area contributed by atoms with E-state index in [1.165, 1.54) is 4.31 Å². The fraction of sp³-hybridized carbons (Fsp3) is 0.480. The average Bonchev–Trinajstić information content (AvgIpc) is 3.30. The molecule has 0 saturated carbocycles. The summed E-state index contributed by atoms with van der Waals surface area (Å²) in [6.07, 6.45) is 3.22. The summed E-state index contributed by atoms with van der Waals surface area (Å²) in [6.45, 7) is 9.56. The van der Waals surface area contributed by atoms with Gasteiger partial charge in [-0.15, -0.1) is 0 Å². The van der Waals surface area contributed by atoms with Gasteiger partial charge in [0.05, 0.1) is 11.5 Å². The number of nitrogens with one attached hydrogen (secondary N) is 1. The lowest BCUT2D eigenvalue weighted by Crippen LogP contribution is -2.31. The number of sulfonamides is 1. The van der Waals surface area contributed by atoms with Gasteiger partial charge in [0.25, 0.3) is 0 Å². The molecule has 0 aliphatic carbocycles. The number of ether oxygens (including phenoxy) is 1. The molecule has 1 fully saturated rings. The van der Waals surface area contributed by atoms with Crippen molar-refractivity contribution in [3.05, 3.63) is 53.6 Å². The van der Waals surface area contributed by atoms with Crippen LogP contribution in [0.2, 0.25) is 0 Å². The Balaban J connectivity index is 1.52. The molecule has 3 rings (SSSR count). The third-order valence-corrected chi connectivity index (χ3v) is 7.89. The van der Waals surface area contributed by atoms with E-state index in [-0.39, 0.29) is 10.8 Å². The molecule has 1 amide bonds. The molecule has 0 atom stereocenters. The number of aryl methyl sites for hydroxylation is 2. The molecule has 174 valence electrons. The van der Waals surface area contributed by atoms with E-state index >= 15 is 0 Å². The van der Waals surface area contributed by atoms with Gasteiger partial charge >= 0.3 is 0 Å². The van der Waals surface area contributed by atoms with E-state index in [0.717, 1.165) is 36.1 Å². The van der Waals surface area contributed by atoms with Crippen LogP contribution in [0.1, 0.15) is 50.7 Å². The minimum absolute atomic E-state index is 0.0978. The number of benzene rings is 2. The first-order chi connectivity index (χ1) is 15.1. The first kappa shape index (κ1) is 24.3. The molecule has 0 unspecified atom stereocenters. The maximum atomic E-state index is 12.8. The lowest BCUT2D eigenvalue weighted by atomic mass is 9.87. The van der Waals surface area contributed by atoms with Crippen molar-refractivity contribution in [2.24, 2.45) is 5.41 Å². The van der Waals surface area contributed by atoms with Gasteiger partial charge in [-0.05, 0) is 81.0 Å². The summed E-state index contributed by atoms with van der Waals surface area (Å²) in [4.78, 5) is 13.1. The number of hydrogen-bond acceptors (Lipinski definition) is 4. The van der Waals surface area contributed by atoms with Gasteiger partial charge in [-0.25, -0.2) is 8.42 Å². The number of amides is 1. The van der Waals surface area contributed by atoms with Crippen LogP contribution < -0.4 is 10.1 Å². The molecule has 0 radical (unpaired) electrons. The molecule has 2 aromatic rings. The van der Waals surface area contributed by atoms with Gasteiger partial charge in [0, 0.05) is 24.2 Å². The Labute approximate surface area is 192 Å². The van der Waals surface area contributed by atoms with Crippen LogP contribution in [0.3, 0.4) is 0 Å². The molecule has 1 heterocycles. The Kier molecular flexibility index (Phi) is 7.62. The zero-order valence-corrected chi connectivity index (χ0v) is 20.3. The van der Waals surface area contributed by atoms with Crippen molar-refractivity contribution in [3.8, 4) is 5.75 Å². The average molecular weight is 459 g/mol. The highest BCUT2D eigenvalue weighted by atomic mass is 32.2. The normalized spacial score (nSPS) is 15.0. The maximum absolute atomic E-state index is 12.8. The maximum Gasteiger partial charge on any atom is 0.243 e. The SMILES string of the molecule is Cc1ccc(C)c(OCCCC(C)(C)C(=O)Nc2ccc(S(=O)(=O)N3CCCC3)cc2)c1. The Hall–Kier alpha value is -2.38. The molecule has 7 heteroatoms. The number of carbonyl (C=O) groups is 1. The molecule has 1 aliphatic rings. The summed E-state index contributed by atoms with van der Waals surface area (Å²) in [5.74, 6) is 0.788. The fourth-order valence-corrected chi connectivity index (χ4v) is 5.28. The van der Waals surface area contributed by atoms with E-state index in [0.29, 0.717) is 31.8 Å². The highest BCUT2D eigenvalue weighted by molar-refractivity contribution is 7.89. The molecule has 1 N–H and O–H groups in total. The van der Waals surface area contributed by atoms with Crippen LogP contribution in [-0.4, -0.2) is 38.3 Å². The zero-order valence-electron chi connectivity index (χ0n) is 19.5. The summed E-state index contributed by atoms with van der Waals surface area (Å²) >= 11 is 0. The lowest BCUT2D eigenvalue weighted by molar-refractivity contribution is -0.124. The second-order valence-electron chi connectivity index (χ2n) is 9.19. The van der Waals surface area contributed by atoms with Gasteiger partial charge in [0.1, 0.15) is 5.75 Å². The molecular formula is C25H34N2O4S. The molecule has 1 aliphatic heterocycles. The predicted octanol–water partition coefficient (Wildman–Crippen LogP) is 4.91. The Morgan fingerprint density at radius 2 is 1.72 bits per heavy atom. The third-order valence-electron chi connectivity index (χ3n) is 5.98. The topological polar surface area (TPSA) is 75.7 Å². The van der Waals surface area contributed by atoms with E-state index in [4.69, 9.17) is 4.74 Å². The minimum atomic E-state index is -3.45.